The first-order valence-corrected chi connectivity index (χ1v) is 5.93. The number of fused-ring (bicyclic) bond motifs is 1. The summed E-state index contributed by atoms with van der Waals surface area (Å²) in [6, 6.07) is 8.47. The van der Waals surface area contributed by atoms with Gasteiger partial charge in [-0.3, -0.25) is 0 Å². The maximum Gasteiger partial charge on any atom is 0.142 e. The third-order valence-electron chi connectivity index (χ3n) is 3.11. The number of benzene rings is 1. The predicted molar refractivity (Wildman–Crippen MR) is 68.5 cm³/mol. The van der Waals surface area contributed by atoms with Gasteiger partial charge in [0.1, 0.15) is 12.4 Å². The summed E-state index contributed by atoms with van der Waals surface area (Å²) in [6.07, 6.45) is 4.01. The fourth-order valence-electron chi connectivity index (χ4n) is 2.22. The van der Waals surface area contributed by atoms with E-state index in [0.717, 1.165) is 25.4 Å². The zero-order chi connectivity index (χ0) is 11.7. The highest BCUT2D eigenvalue weighted by Gasteiger charge is 2.18. The van der Waals surface area contributed by atoms with Crippen molar-refractivity contribution in [2.45, 2.75) is 13.5 Å². The molecule has 1 aliphatic rings. The predicted octanol–water partition coefficient (Wildman–Crippen LogP) is 2.72. The molecule has 0 fully saturated rings. The van der Waals surface area contributed by atoms with Crippen molar-refractivity contribution >= 4 is 5.69 Å². The van der Waals surface area contributed by atoms with E-state index in [9.17, 15) is 0 Å². The molecule has 2 heterocycles. The van der Waals surface area contributed by atoms with E-state index in [1.165, 1.54) is 16.8 Å². The molecule has 3 nitrogen and oxygen atoms in total. The summed E-state index contributed by atoms with van der Waals surface area (Å²) in [5.74, 6) is 0.998. The number of H-pyrrole nitrogens is 1. The molecule has 0 saturated heterocycles. The van der Waals surface area contributed by atoms with E-state index < -0.39 is 0 Å². The van der Waals surface area contributed by atoms with Crippen LogP contribution in [0.25, 0.3) is 0 Å². The molecule has 0 atom stereocenters. The fraction of sp³-hybridized carbons (Fsp3) is 0.286. The average molecular weight is 228 g/mol. The van der Waals surface area contributed by atoms with Crippen LogP contribution in [-0.4, -0.2) is 18.1 Å². The van der Waals surface area contributed by atoms with Crippen LogP contribution in [0.1, 0.15) is 11.1 Å². The van der Waals surface area contributed by atoms with Crippen LogP contribution >= 0.6 is 0 Å². The third kappa shape index (κ3) is 2.00. The SMILES string of the molecule is Cc1ccc2c(c1)N(Cc1cc[nH]c1)CCO2. The molecule has 0 aliphatic carbocycles. The molecule has 3 rings (SSSR count). The lowest BCUT2D eigenvalue weighted by Gasteiger charge is -2.31. The Hall–Kier alpha value is -1.90. The van der Waals surface area contributed by atoms with Crippen LogP contribution in [0.4, 0.5) is 5.69 Å². The van der Waals surface area contributed by atoms with Crippen molar-refractivity contribution in [3.63, 3.8) is 0 Å². The molecule has 1 aromatic carbocycles. The van der Waals surface area contributed by atoms with Crippen molar-refractivity contribution in [1.29, 1.82) is 0 Å². The number of hydrogen-bond donors (Lipinski definition) is 1. The molecule has 2 aromatic rings. The maximum atomic E-state index is 5.68. The van der Waals surface area contributed by atoms with Gasteiger partial charge in [-0.05, 0) is 36.2 Å². The second kappa shape index (κ2) is 4.17. The molecule has 3 heteroatoms. The molecule has 17 heavy (non-hydrogen) atoms. The van der Waals surface area contributed by atoms with Gasteiger partial charge in [-0.25, -0.2) is 0 Å². The minimum absolute atomic E-state index is 0.764. The number of anilines is 1. The molecular formula is C14H16N2O. The Labute approximate surface area is 101 Å². The second-order valence-corrected chi connectivity index (χ2v) is 4.46. The summed E-state index contributed by atoms with van der Waals surface area (Å²) in [5.41, 5.74) is 3.78. The molecule has 1 aromatic heterocycles. The molecule has 0 radical (unpaired) electrons. The maximum absolute atomic E-state index is 5.68. The third-order valence-corrected chi connectivity index (χ3v) is 3.11. The first-order chi connectivity index (χ1) is 8.33. The van der Waals surface area contributed by atoms with Crippen LogP contribution < -0.4 is 9.64 Å². The van der Waals surface area contributed by atoms with Crippen molar-refractivity contribution in [3.05, 3.63) is 47.8 Å². The van der Waals surface area contributed by atoms with Crippen molar-refractivity contribution in [3.8, 4) is 5.75 Å². The second-order valence-electron chi connectivity index (χ2n) is 4.46. The Balaban J connectivity index is 1.90. The largest absolute Gasteiger partial charge is 0.490 e. The van der Waals surface area contributed by atoms with Crippen molar-refractivity contribution < 1.29 is 4.74 Å². The minimum atomic E-state index is 0.764. The van der Waals surface area contributed by atoms with Crippen molar-refractivity contribution in [2.75, 3.05) is 18.1 Å². The summed E-state index contributed by atoms with van der Waals surface area (Å²) in [7, 11) is 0. The zero-order valence-corrected chi connectivity index (χ0v) is 9.94. The lowest BCUT2D eigenvalue weighted by Crippen LogP contribution is -2.32. The van der Waals surface area contributed by atoms with E-state index in [-0.39, 0.29) is 0 Å². The summed E-state index contributed by atoms with van der Waals surface area (Å²) in [6.45, 7) is 4.76. The number of aromatic amines is 1. The van der Waals surface area contributed by atoms with E-state index in [2.05, 4.69) is 41.1 Å². The Morgan fingerprint density at radius 2 is 2.29 bits per heavy atom. The number of nitrogens with one attached hydrogen (secondary N) is 1. The Bertz CT molecular complexity index is 505. The van der Waals surface area contributed by atoms with Gasteiger partial charge in [0.05, 0.1) is 12.2 Å². The summed E-state index contributed by atoms with van der Waals surface area (Å²) >= 11 is 0. The van der Waals surface area contributed by atoms with Crippen LogP contribution in [0.3, 0.4) is 0 Å². The number of hydrogen-bond acceptors (Lipinski definition) is 2. The monoisotopic (exact) mass is 228 g/mol. The van der Waals surface area contributed by atoms with Gasteiger partial charge in [-0.2, -0.15) is 0 Å². The van der Waals surface area contributed by atoms with Gasteiger partial charge in [0.15, 0.2) is 0 Å². The average Bonchev–Trinajstić information content (AvgIpc) is 2.83. The Morgan fingerprint density at radius 1 is 1.35 bits per heavy atom. The Morgan fingerprint density at radius 3 is 3.12 bits per heavy atom. The number of aromatic nitrogens is 1. The molecule has 0 bridgehead atoms. The number of nitrogens with zero attached hydrogens (tertiary/aromatic N) is 1. The van der Waals surface area contributed by atoms with Gasteiger partial charge in [0.25, 0.3) is 0 Å². The topological polar surface area (TPSA) is 28.3 Å². The lowest BCUT2D eigenvalue weighted by atomic mass is 10.1. The fourth-order valence-corrected chi connectivity index (χ4v) is 2.22. The van der Waals surface area contributed by atoms with Crippen LogP contribution in [0.2, 0.25) is 0 Å². The highest BCUT2D eigenvalue weighted by molar-refractivity contribution is 5.61. The van der Waals surface area contributed by atoms with Gasteiger partial charge in [-0.15, -0.1) is 0 Å². The quantitative estimate of drug-likeness (QED) is 0.856. The van der Waals surface area contributed by atoms with Gasteiger partial charge in [-0.1, -0.05) is 6.07 Å². The van der Waals surface area contributed by atoms with Crippen LogP contribution in [0, 0.1) is 6.92 Å². The van der Waals surface area contributed by atoms with Gasteiger partial charge in [0, 0.05) is 18.9 Å². The van der Waals surface area contributed by atoms with Crippen LogP contribution in [0.15, 0.2) is 36.7 Å². The van der Waals surface area contributed by atoms with Crippen molar-refractivity contribution in [1.82, 2.24) is 4.98 Å². The highest BCUT2D eigenvalue weighted by Crippen LogP contribution is 2.33. The van der Waals surface area contributed by atoms with Crippen LogP contribution in [0.5, 0.6) is 5.75 Å². The van der Waals surface area contributed by atoms with E-state index in [0.29, 0.717) is 0 Å². The molecule has 0 amide bonds. The molecule has 1 N–H and O–H groups in total. The molecule has 88 valence electrons. The molecule has 0 saturated carbocycles. The number of ether oxygens (including phenoxy) is 1. The lowest BCUT2D eigenvalue weighted by molar-refractivity contribution is 0.307. The number of rotatable bonds is 2. The normalized spacial score (nSPS) is 14.3. The summed E-state index contributed by atoms with van der Waals surface area (Å²) in [4.78, 5) is 5.47. The van der Waals surface area contributed by atoms with E-state index in [1.54, 1.807) is 0 Å². The molecule has 0 spiro atoms. The molecule has 0 unspecified atom stereocenters. The molecular weight excluding hydrogens is 212 g/mol. The minimum Gasteiger partial charge on any atom is -0.490 e. The summed E-state index contributed by atoms with van der Waals surface area (Å²) < 4.78 is 5.68. The smallest absolute Gasteiger partial charge is 0.142 e. The summed E-state index contributed by atoms with van der Waals surface area (Å²) in [5, 5.41) is 0. The standard InChI is InChI=1S/C14H16N2O/c1-11-2-3-14-13(8-11)16(6-7-17-14)10-12-4-5-15-9-12/h2-5,8-9,15H,6-7,10H2,1H3. The first-order valence-electron chi connectivity index (χ1n) is 5.93. The van der Waals surface area contributed by atoms with Crippen LogP contribution in [-0.2, 0) is 6.54 Å². The van der Waals surface area contributed by atoms with E-state index in [4.69, 9.17) is 4.74 Å². The van der Waals surface area contributed by atoms with Crippen molar-refractivity contribution in [2.24, 2.45) is 0 Å². The zero-order valence-electron chi connectivity index (χ0n) is 9.94. The van der Waals surface area contributed by atoms with Gasteiger partial charge < -0.3 is 14.6 Å². The molecule has 1 aliphatic heterocycles. The van der Waals surface area contributed by atoms with E-state index in [1.807, 2.05) is 12.4 Å². The van der Waals surface area contributed by atoms with E-state index >= 15 is 0 Å². The van der Waals surface area contributed by atoms with Gasteiger partial charge in [0.2, 0.25) is 0 Å². The van der Waals surface area contributed by atoms with Gasteiger partial charge >= 0.3 is 0 Å². The first kappa shape index (κ1) is 10.3. The Kier molecular flexibility index (Phi) is 2.52. The highest BCUT2D eigenvalue weighted by atomic mass is 16.5. The number of aryl methyl sites for hydroxylation is 1.